The molecule has 5 nitrogen and oxygen atoms in total. The van der Waals surface area contributed by atoms with Crippen LogP contribution in [0.2, 0.25) is 0 Å². The molecule has 0 heterocycles. The molecule has 0 atom stereocenters. The second-order valence-corrected chi connectivity index (χ2v) is 6.36. The van der Waals surface area contributed by atoms with E-state index in [0.717, 1.165) is 13.0 Å². The molecule has 0 radical (unpaired) electrons. The van der Waals surface area contributed by atoms with Crippen LogP contribution in [-0.2, 0) is 21.3 Å². The Kier molecular flexibility index (Phi) is 4.44. The molecule has 0 unspecified atom stereocenters. The van der Waals surface area contributed by atoms with Gasteiger partial charge in [-0.1, -0.05) is 24.3 Å². The summed E-state index contributed by atoms with van der Waals surface area (Å²) in [5.41, 5.74) is -6.61. The minimum absolute atomic E-state index is 0.204. The van der Waals surface area contributed by atoms with Crippen LogP contribution in [0.15, 0.2) is 24.3 Å². The Hall–Kier alpha value is -2.36. The molecule has 0 saturated carbocycles. The van der Waals surface area contributed by atoms with Crippen molar-refractivity contribution in [3.63, 3.8) is 0 Å². The Labute approximate surface area is 133 Å². The number of carbonyl (C=O) groups is 1. The molecule has 0 saturated heterocycles. The van der Waals surface area contributed by atoms with Crippen LogP contribution in [0.3, 0.4) is 0 Å². The first kappa shape index (κ1) is 18.0. The van der Waals surface area contributed by atoms with Crippen molar-refractivity contribution in [2.24, 2.45) is 0 Å². The van der Waals surface area contributed by atoms with Gasteiger partial charge in [0.25, 0.3) is 0 Å². The molecule has 0 aliphatic heterocycles. The molecule has 0 bridgehead atoms. The number of benzene rings is 2. The zero-order valence-electron chi connectivity index (χ0n) is 12.0. The molecule has 2 aromatic carbocycles. The topological polar surface area (TPSA) is 83.5 Å². The summed E-state index contributed by atoms with van der Waals surface area (Å²) in [6, 6.07) is 5.02. The SMILES string of the molecule is Cc1c(CC(=O)[O-])c(OS(=O)(=O)C(F)(F)F)c2ccccc2c1F. The maximum absolute atomic E-state index is 14.3. The van der Waals surface area contributed by atoms with E-state index in [1.165, 1.54) is 18.2 Å². The van der Waals surface area contributed by atoms with Crippen LogP contribution in [0.25, 0.3) is 10.8 Å². The first-order chi connectivity index (χ1) is 11.0. The van der Waals surface area contributed by atoms with E-state index >= 15 is 0 Å². The summed E-state index contributed by atoms with van der Waals surface area (Å²) < 4.78 is 78.8. The van der Waals surface area contributed by atoms with Gasteiger partial charge in [-0.15, -0.1) is 0 Å². The average molecular weight is 365 g/mol. The molecule has 2 rings (SSSR count). The molecule has 0 spiro atoms. The van der Waals surface area contributed by atoms with Crippen LogP contribution >= 0.6 is 0 Å². The fourth-order valence-electron chi connectivity index (χ4n) is 2.15. The Morgan fingerprint density at radius 2 is 1.75 bits per heavy atom. The van der Waals surface area contributed by atoms with Crippen molar-refractivity contribution >= 4 is 26.9 Å². The third-order valence-corrected chi connectivity index (χ3v) is 4.21. The lowest BCUT2D eigenvalue weighted by Gasteiger charge is -2.18. The van der Waals surface area contributed by atoms with E-state index in [0.29, 0.717) is 0 Å². The third-order valence-electron chi connectivity index (χ3n) is 3.26. The smallest absolute Gasteiger partial charge is 0.534 e. The van der Waals surface area contributed by atoms with Crippen molar-refractivity contribution in [2.75, 3.05) is 0 Å². The van der Waals surface area contributed by atoms with E-state index in [9.17, 15) is 35.9 Å². The molecule has 130 valence electrons. The lowest BCUT2D eigenvalue weighted by Crippen LogP contribution is -2.30. The van der Waals surface area contributed by atoms with Crippen LogP contribution in [0.5, 0.6) is 5.75 Å². The maximum Gasteiger partial charge on any atom is 0.534 e. The number of hydrogen-bond donors (Lipinski definition) is 0. The standard InChI is InChI=1S/C14H10F4O5S/c1-7-10(6-11(19)20)13(23-24(21,22)14(16,17)18)9-5-3-2-4-8(9)12(7)15/h2-5H,6H2,1H3,(H,19,20)/p-1. The largest absolute Gasteiger partial charge is 0.550 e. The summed E-state index contributed by atoms with van der Waals surface area (Å²) in [6.45, 7) is 1.10. The van der Waals surface area contributed by atoms with Crippen LogP contribution < -0.4 is 9.29 Å². The van der Waals surface area contributed by atoms with Crippen molar-refractivity contribution in [2.45, 2.75) is 18.9 Å². The number of halogens is 4. The van der Waals surface area contributed by atoms with Gasteiger partial charge in [-0.2, -0.15) is 21.6 Å². The van der Waals surface area contributed by atoms with Gasteiger partial charge in [-0.05, 0) is 12.5 Å². The van der Waals surface area contributed by atoms with Gasteiger partial charge in [-0.3, -0.25) is 0 Å². The monoisotopic (exact) mass is 365 g/mol. The number of alkyl halides is 3. The molecular weight excluding hydrogens is 356 g/mol. The molecule has 0 aromatic heterocycles. The average Bonchev–Trinajstić information content (AvgIpc) is 2.46. The summed E-state index contributed by atoms with van der Waals surface area (Å²) in [5.74, 6) is -3.51. The van der Waals surface area contributed by atoms with E-state index < -0.39 is 45.1 Å². The predicted octanol–water partition coefficient (Wildman–Crippen LogP) is 1.81. The van der Waals surface area contributed by atoms with Gasteiger partial charge in [-0.25, -0.2) is 4.39 Å². The van der Waals surface area contributed by atoms with Gasteiger partial charge in [0.15, 0.2) is 5.75 Å². The number of carboxylic acids is 1. The number of carbonyl (C=O) groups excluding carboxylic acids is 1. The van der Waals surface area contributed by atoms with E-state index in [1.54, 1.807) is 0 Å². The Bertz CT molecular complexity index is 919. The Balaban J connectivity index is 2.83. The minimum atomic E-state index is -6.07. The van der Waals surface area contributed by atoms with Gasteiger partial charge in [0, 0.05) is 28.7 Å². The number of aliphatic carboxylic acids is 1. The Morgan fingerprint density at radius 3 is 2.25 bits per heavy atom. The predicted molar refractivity (Wildman–Crippen MR) is 73.0 cm³/mol. The first-order valence-corrected chi connectivity index (χ1v) is 7.77. The summed E-state index contributed by atoms with van der Waals surface area (Å²) in [4.78, 5) is 10.8. The zero-order chi connectivity index (χ0) is 18.3. The molecule has 0 amide bonds. The van der Waals surface area contributed by atoms with Gasteiger partial charge in [0.1, 0.15) is 5.82 Å². The minimum Gasteiger partial charge on any atom is -0.550 e. The highest BCUT2D eigenvalue weighted by molar-refractivity contribution is 7.88. The van der Waals surface area contributed by atoms with Crippen molar-refractivity contribution < 1.29 is 40.1 Å². The fraction of sp³-hybridized carbons (Fsp3) is 0.214. The van der Waals surface area contributed by atoms with Crippen LogP contribution in [0, 0.1) is 12.7 Å². The quantitative estimate of drug-likeness (QED) is 0.469. The van der Waals surface area contributed by atoms with Gasteiger partial charge >= 0.3 is 15.6 Å². The van der Waals surface area contributed by atoms with Gasteiger partial charge in [0.05, 0.1) is 0 Å². The summed E-state index contributed by atoms with van der Waals surface area (Å²) in [7, 11) is -6.07. The second kappa shape index (κ2) is 5.93. The second-order valence-electron chi connectivity index (χ2n) is 4.82. The molecule has 2 aromatic rings. The van der Waals surface area contributed by atoms with Crippen LogP contribution in [0.4, 0.5) is 17.6 Å². The molecule has 0 fully saturated rings. The summed E-state index contributed by atoms with van der Waals surface area (Å²) in [6.07, 6.45) is -1.02. The molecule has 0 N–H and O–H groups in total. The van der Waals surface area contributed by atoms with Crippen molar-refractivity contribution in [3.05, 3.63) is 41.2 Å². The lowest BCUT2D eigenvalue weighted by molar-refractivity contribution is -0.304. The normalized spacial score (nSPS) is 12.4. The molecule has 24 heavy (non-hydrogen) atoms. The van der Waals surface area contributed by atoms with Crippen molar-refractivity contribution in [1.29, 1.82) is 0 Å². The summed E-state index contributed by atoms with van der Waals surface area (Å²) in [5, 5.41) is 10.3. The van der Waals surface area contributed by atoms with Crippen molar-refractivity contribution in [3.8, 4) is 5.75 Å². The number of rotatable bonds is 4. The summed E-state index contributed by atoms with van der Waals surface area (Å²) >= 11 is 0. The highest BCUT2D eigenvalue weighted by Crippen LogP contribution is 2.38. The number of carboxylic acid groups (broad SMARTS) is 1. The van der Waals surface area contributed by atoms with Crippen LogP contribution in [-0.4, -0.2) is 19.9 Å². The molecule has 0 aliphatic carbocycles. The van der Waals surface area contributed by atoms with Crippen molar-refractivity contribution in [1.82, 2.24) is 0 Å². The number of fused-ring (bicyclic) bond motifs is 1. The fourth-order valence-corrected chi connectivity index (χ4v) is 2.65. The van der Waals surface area contributed by atoms with E-state index in [-0.39, 0.29) is 16.3 Å². The van der Waals surface area contributed by atoms with Gasteiger partial charge in [0.2, 0.25) is 0 Å². The third kappa shape index (κ3) is 3.14. The number of hydrogen-bond acceptors (Lipinski definition) is 5. The first-order valence-electron chi connectivity index (χ1n) is 6.36. The Morgan fingerprint density at radius 1 is 1.21 bits per heavy atom. The van der Waals surface area contributed by atoms with E-state index in [1.807, 2.05) is 0 Å². The molecule has 0 aliphatic rings. The molecular formula is C14H9F4O5S-. The van der Waals surface area contributed by atoms with Crippen LogP contribution in [0.1, 0.15) is 11.1 Å². The maximum atomic E-state index is 14.3. The highest BCUT2D eigenvalue weighted by Gasteiger charge is 2.49. The van der Waals surface area contributed by atoms with E-state index in [4.69, 9.17) is 0 Å². The highest BCUT2D eigenvalue weighted by atomic mass is 32.2. The van der Waals surface area contributed by atoms with Gasteiger partial charge < -0.3 is 14.1 Å². The van der Waals surface area contributed by atoms with E-state index in [2.05, 4.69) is 4.18 Å². The zero-order valence-corrected chi connectivity index (χ0v) is 12.8. The lowest BCUT2D eigenvalue weighted by atomic mass is 9.97. The molecule has 10 heteroatoms.